The lowest BCUT2D eigenvalue weighted by Gasteiger charge is -2.25. The monoisotopic (exact) mass is 357 g/mol. The Balaban J connectivity index is 1.74. The first-order valence-corrected chi connectivity index (χ1v) is 8.52. The Morgan fingerprint density at radius 2 is 1.88 bits per heavy atom. The van der Waals surface area contributed by atoms with Crippen LogP contribution in [0.3, 0.4) is 0 Å². The number of aliphatic hydroxyl groups excluding tert-OH is 2. The highest BCUT2D eigenvalue weighted by molar-refractivity contribution is 5.90. The van der Waals surface area contributed by atoms with Gasteiger partial charge in [-0.2, -0.15) is 0 Å². The van der Waals surface area contributed by atoms with Gasteiger partial charge in [0, 0.05) is 12.1 Å². The Morgan fingerprint density at radius 1 is 1.15 bits per heavy atom. The number of β-amino-alcohol motifs (C(OH)–C–C–N with tert-alkyl or cyclic N) is 1. The van der Waals surface area contributed by atoms with Crippen molar-refractivity contribution >= 4 is 21.9 Å². The fraction of sp³-hybridized carbons (Fsp3) is 0.350. The quantitative estimate of drug-likeness (QED) is 0.561. The third kappa shape index (κ3) is 4.04. The van der Waals surface area contributed by atoms with Crippen molar-refractivity contribution in [3.63, 3.8) is 0 Å². The number of hydrogen-bond donors (Lipinski definition) is 3. The lowest BCUT2D eigenvalue weighted by molar-refractivity contribution is 0.0907. The molecule has 1 unspecified atom stereocenters. The van der Waals surface area contributed by atoms with Gasteiger partial charge in [-0.25, -0.2) is 0 Å². The lowest BCUT2D eigenvalue weighted by atomic mass is 10.1. The highest BCUT2D eigenvalue weighted by atomic mass is 16.5. The molecule has 0 saturated carbocycles. The minimum Gasteiger partial charge on any atom is -0.491 e. The van der Waals surface area contributed by atoms with E-state index in [9.17, 15) is 15.0 Å². The van der Waals surface area contributed by atoms with E-state index in [4.69, 9.17) is 9.15 Å². The van der Waals surface area contributed by atoms with Crippen LogP contribution in [0, 0.1) is 0 Å². The van der Waals surface area contributed by atoms with E-state index in [1.54, 1.807) is 36.4 Å². The fourth-order valence-corrected chi connectivity index (χ4v) is 2.57. The number of para-hydroxylation sites is 1. The van der Waals surface area contributed by atoms with Gasteiger partial charge in [0.2, 0.25) is 5.43 Å². The van der Waals surface area contributed by atoms with E-state index in [1.165, 1.54) is 0 Å². The summed E-state index contributed by atoms with van der Waals surface area (Å²) < 4.78 is 11.4. The molecule has 0 bridgehead atoms. The molecule has 0 spiro atoms. The predicted octanol–water partition coefficient (Wildman–Crippen LogP) is 2.05. The zero-order chi connectivity index (χ0) is 18.7. The Morgan fingerprint density at radius 3 is 2.65 bits per heavy atom. The van der Waals surface area contributed by atoms with Crippen LogP contribution in [0.5, 0.6) is 5.75 Å². The molecule has 6 nitrogen and oxygen atoms in total. The minimum absolute atomic E-state index is 0.0328. The second-order valence-corrected chi connectivity index (χ2v) is 6.97. The van der Waals surface area contributed by atoms with Crippen molar-refractivity contribution < 1.29 is 19.4 Å². The van der Waals surface area contributed by atoms with Crippen LogP contribution in [0.4, 0.5) is 0 Å². The second kappa shape index (κ2) is 7.45. The summed E-state index contributed by atoms with van der Waals surface area (Å²) in [6.45, 7) is 4.00. The maximum atomic E-state index is 12.6. The molecule has 0 aliphatic heterocycles. The highest BCUT2D eigenvalue weighted by Crippen LogP contribution is 2.22. The van der Waals surface area contributed by atoms with Crippen LogP contribution in [0.25, 0.3) is 21.9 Å². The molecule has 3 aromatic rings. The van der Waals surface area contributed by atoms with E-state index in [0.717, 1.165) is 0 Å². The van der Waals surface area contributed by atoms with Crippen LogP contribution in [0.1, 0.15) is 13.8 Å². The van der Waals surface area contributed by atoms with Crippen molar-refractivity contribution in [2.75, 3.05) is 19.8 Å². The van der Waals surface area contributed by atoms with E-state index >= 15 is 0 Å². The van der Waals surface area contributed by atoms with Gasteiger partial charge in [0.25, 0.3) is 0 Å². The molecule has 1 heterocycles. The first-order valence-electron chi connectivity index (χ1n) is 8.52. The smallest absolute Gasteiger partial charge is 0.200 e. The van der Waals surface area contributed by atoms with Gasteiger partial charge in [-0.05, 0) is 44.2 Å². The number of ether oxygens (including phenoxy) is 1. The molecule has 0 aliphatic rings. The van der Waals surface area contributed by atoms with Gasteiger partial charge in [0.1, 0.15) is 29.6 Å². The molecule has 0 saturated heterocycles. The van der Waals surface area contributed by atoms with E-state index in [-0.39, 0.29) is 25.2 Å². The number of fused-ring (bicyclic) bond motifs is 2. The first-order chi connectivity index (χ1) is 12.4. The van der Waals surface area contributed by atoms with Crippen molar-refractivity contribution in [3.8, 4) is 5.75 Å². The molecule has 3 rings (SSSR count). The average molecular weight is 357 g/mol. The lowest BCUT2D eigenvalue weighted by Crippen LogP contribution is -2.47. The summed E-state index contributed by atoms with van der Waals surface area (Å²) >= 11 is 0. The summed E-state index contributed by atoms with van der Waals surface area (Å²) in [7, 11) is 0. The Hall–Kier alpha value is -2.41. The van der Waals surface area contributed by atoms with Crippen LogP contribution in [0.15, 0.2) is 51.7 Å². The number of nitrogens with one attached hydrogen (secondary N) is 1. The molecule has 1 aromatic heterocycles. The summed E-state index contributed by atoms with van der Waals surface area (Å²) in [6, 6.07) is 12.1. The maximum Gasteiger partial charge on any atom is 0.200 e. The molecule has 1 atom stereocenters. The molecule has 0 fully saturated rings. The van der Waals surface area contributed by atoms with Crippen LogP contribution in [-0.2, 0) is 0 Å². The van der Waals surface area contributed by atoms with Gasteiger partial charge in [-0.1, -0.05) is 12.1 Å². The minimum atomic E-state index is -0.746. The number of aliphatic hydroxyl groups is 2. The standard InChI is InChI=1S/C20H23NO5/c1-20(2,12-22)21-10-13(23)11-25-14-7-8-18-16(9-14)19(24)15-5-3-4-6-17(15)26-18/h3-9,13,21-23H,10-12H2,1-2H3. The molecular weight excluding hydrogens is 334 g/mol. The summed E-state index contributed by atoms with van der Waals surface area (Å²) in [5.41, 5.74) is 0.461. The Kier molecular flexibility index (Phi) is 5.27. The van der Waals surface area contributed by atoms with Gasteiger partial charge in [-0.15, -0.1) is 0 Å². The topological polar surface area (TPSA) is 91.9 Å². The van der Waals surface area contributed by atoms with Gasteiger partial charge < -0.3 is 24.7 Å². The molecule has 3 N–H and O–H groups in total. The maximum absolute atomic E-state index is 12.6. The van der Waals surface area contributed by atoms with Gasteiger partial charge >= 0.3 is 0 Å². The predicted molar refractivity (Wildman–Crippen MR) is 101 cm³/mol. The molecule has 0 amide bonds. The first kappa shape index (κ1) is 18.4. The number of hydrogen-bond acceptors (Lipinski definition) is 6. The fourth-order valence-electron chi connectivity index (χ4n) is 2.57. The van der Waals surface area contributed by atoms with Crippen molar-refractivity contribution in [2.45, 2.75) is 25.5 Å². The van der Waals surface area contributed by atoms with Gasteiger partial charge in [0.05, 0.1) is 17.4 Å². The molecule has 0 aliphatic carbocycles. The third-order valence-electron chi connectivity index (χ3n) is 4.20. The summed E-state index contributed by atoms with van der Waals surface area (Å²) in [4.78, 5) is 12.6. The van der Waals surface area contributed by atoms with E-state index < -0.39 is 11.6 Å². The van der Waals surface area contributed by atoms with Crippen LogP contribution in [-0.4, -0.2) is 41.6 Å². The number of benzene rings is 2. The van der Waals surface area contributed by atoms with Crippen LogP contribution in [0.2, 0.25) is 0 Å². The van der Waals surface area contributed by atoms with Crippen molar-refractivity contribution in [3.05, 3.63) is 52.7 Å². The zero-order valence-corrected chi connectivity index (χ0v) is 14.9. The van der Waals surface area contributed by atoms with Crippen LogP contribution >= 0.6 is 0 Å². The summed E-state index contributed by atoms with van der Waals surface area (Å²) in [5.74, 6) is 0.487. The third-order valence-corrected chi connectivity index (χ3v) is 4.20. The van der Waals surface area contributed by atoms with Crippen molar-refractivity contribution in [1.82, 2.24) is 5.32 Å². The van der Waals surface area contributed by atoms with Crippen molar-refractivity contribution in [1.29, 1.82) is 0 Å². The molecule has 2 aromatic carbocycles. The molecule has 26 heavy (non-hydrogen) atoms. The van der Waals surface area contributed by atoms with E-state index in [1.807, 2.05) is 19.9 Å². The largest absolute Gasteiger partial charge is 0.491 e. The highest BCUT2D eigenvalue weighted by Gasteiger charge is 2.17. The van der Waals surface area contributed by atoms with E-state index in [2.05, 4.69) is 5.32 Å². The van der Waals surface area contributed by atoms with Gasteiger partial charge in [-0.3, -0.25) is 4.79 Å². The Labute approximate surface area is 151 Å². The SMILES string of the molecule is CC(C)(CO)NCC(O)COc1ccc2oc3ccccc3c(=O)c2c1. The van der Waals surface area contributed by atoms with Gasteiger partial charge in [0.15, 0.2) is 0 Å². The molecular formula is C20H23NO5. The zero-order valence-electron chi connectivity index (χ0n) is 14.9. The average Bonchev–Trinajstić information content (AvgIpc) is 2.65. The molecule has 138 valence electrons. The normalized spacial score (nSPS) is 13.2. The number of rotatable bonds is 7. The molecule has 0 radical (unpaired) electrons. The molecule has 6 heteroatoms. The van der Waals surface area contributed by atoms with Crippen molar-refractivity contribution in [2.24, 2.45) is 0 Å². The summed E-state index contributed by atoms with van der Waals surface area (Å²) in [6.07, 6.45) is -0.746. The van der Waals surface area contributed by atoms with Crippen LogP contribution < -0.4 is 15.5 Å². The second-order valence-electron chi connectivity index (χ2n) is 6.97. The Bertz CT molecular complexity index is 963. The van der Waals surface area contributed by atoms with E-state index in [0.29, 0.717) is 27.7 Å². The summed E-state index contributed by atoms with van der Waals surface area (Å²) in [5, 5.41) is 23.3.